The molecule has 15 heavy (non-hydrogen) atoms. The summed E-state index contributed by atoms with van der Waals surface area (Å²) in [5, 5.41) is 9.22. The standard InChI is InChI=1S/C10H10BrN3S/c1-7-2-8(11)4-9(3-7)12-5-10-6-15-14-13-10/h2-4,6,12H,5H2,1H3. The summed E-state index contributed by atoms with van der Waals surface area (Å²) in [4.78, 5) is 0. The molecule has 0 atom stereocenters. The SMILES string of the molecule is Cc1cc(Br)cc(NCc2csnn2)c1. The second-order valence-corrected chi connectivity index (χ2v) is 4.79. The maximum atomic E-state index is 3.97. The first kappa shape index (κ1) is 10.6. The Bertz CT molecular complexity index is 422. The highest BCUT2D eigenvalue weighted by molar-refractivity contribution is 9.10. The number of benzene rings is 1. The van der Waals surface area contributed by atoms with E-state index in [1.54, 1.807) is 0 Å². The summed E-state index contributed by atoms with van der Waals surface area (Å²) in [6, 6.07) is 6.23. The molecule has 78 valence electrons. The van der Waals surface area contributed by atoms with Gasteiger partial charge >= 0.3 is 0 Å². The fraction of sp³-hybridized carbons (Fsp3) is 0.200. The molecule has 0 amide bonds. The van der Waals surface area contributed by atoms with Crippen molar-refractivity contribution in [2.24, 2.45) is 0 Å². The van der Waals surface area contributed by atoms with Gasteiger partial charge in [-0.3, -0.25) is 0 Å². The third kappa shape index (κ3) is 3.00. The fourth-order valence-corrected chi connectivity index (χ4v) is 2.35. The van der Waals surface area contributed by atoms with Crippen LogP contribution in [0, 0.1) is 6.92 Å². The predicted molar refractivity (Wildman–Crippen MR) is 66.1 cm³/mol. The van der Waals surface area contributed by atoms with Gasteiger partial charge in [-0.25, -0.2) is 0 Å². The average molecular weight is 284 g/mol. The molecule has 1 heterocycles. The van der Waals surface area contributed by atoms with Crippen LogP contribution in [0.1, 0.15) is 11.3 Å². The Kier molecular flexibility index (Phi) is 3.33. The van der Waals surface area contributed by atoms with Crippen LogP contribution in [-0.2, 0) is 6.54 Å². The highest BCUT2D eigenvalue weighted by Gasteiger charge is 1.98. The van der Waals surface area contributed by atoms with Crippen LogP contribution in [0.3, 0.4) is 0 Å². The molecular formula is C10H10BrN3S. The molecular weight excluding hydrogens is 274 g/mol. The zero-order chi connectivity index (χ0) is 10.7. The van der Waals surface area contributed by atoms with Gasteiger partial charge in [-0.15, -0.1) is 5.10 Å². The quantitative estimate of drug-likeness (QED) is 0.940. The van der Waals surface area contributed by atoms with Crippen molar-refractivity contribution >= 4 is 33.1 Å². The molecule has 2 aromatic rings. The molecule has 5 heteroatoms. The van der Waals surface area contributed by atoms with Crippen LogP contribution >= 0.6 is 27.5 Å². The van der Waals surface area contributed by atoms with E-state index in [0.717, 1.165) is 15.9 Å². The molecule has 0 aliphatic rings. The van der Waals surface area contributed by atoms with E-state index in [1.807, 2.05) is 11.4 Å². The Morgan fingerprint density at radius 3 is 2.93 bits per heavy atom. The molecule has 0 bridgehead atoms. The molecule has 0 unspecified atom stereocenters. The molecule has 1 aromatic carbocycles. The highest BCUT2D eigenvalue weighted by Crippen LogP contribution is 2.19. The number of rotatable bonds is 3. The molecule has 3 nitrogen and oxygen atoms in total. The first-order valence-corrected chi connectivity index (χ1v) is 6.14. The lowest BCUT2D eigenvalue weighted by Crippen LogP contribution is -1.99. The van der Waals surface area contributed by atoms with E-state index in [4.69, 9.17) is 0 Å². The van der Waals surface area contributed by atoms with Gasteiger partial charge in [0.2, 0.25) is 0 Å². The lowest BCUT2D eigenvalue weighted by atomic mass is 10.2. The normalized spacial score (nSPS) is 10.3. The summed E-state index contributed by atoms with van der Waals surface area (Å²) in [6.45, 7) is 2.78. The van der Waals surface area contributed by atoms with Crippen LogP contribution < -0.4 is 5.32 Å². The molecule has 0 saturated heterocycles. The van der Waals surface area contributed by atoms with Gasteiger partial charge in [0.25, 0.3) is 0 Å². The van der Waals surface area contributed by atoms with Crippen LogP contribution in [0.5, 0.6) is 0 Å². The van der Waals surface area contributed by atoms with Gasteiger partial charge in [0.1, 0.15) is 0 Å². The summed E-state index contributed by atoms with van der Waals surface area (Å²) in [7, 11) is 0. The van der Waals surface area contributed by atoms with Crippen LogP contribution in [0.25, 0.3) is 0 Å². The number of hydrogen-bond acceptors (Lipinski definition) is 4. The minimum atomic E-state index is 0.715. The van der Waals surface area contributed by atoms with E-state index < -0.39 is 0 Å². The number of aromatic nitrogens is 2. The molecule has 0 spiro atoms. The molecule has 0 aliphatic heterocycles. The maximum absolute atomic E-state index is 3.97. The van der Waals surface area contributed by atoms with Crippen LogP contribution in [-0.4, -0.2) is 9.59 Å². The van der Waals surface area contributed by atoms with E-state index >= 15 is 0 Å². The summed E-state index contributed by atoms with van der Waals surface area (Å²) in [6.07, 6.45) is 0. The van der Waals surface area contributed by atoms with Gasteiger partial charge < -0.3 is 5.32 Å². The van der Waals surface area contributed by atoms with Gasteiger partial charge in [-0.05, 0) is 42.2 Å². The van der Waals surface area contributed by atoms with E-state index in [9.17, 15) is 0 Å². The van der Waals surface area contributed by atoms with Gasteiger partial charge in [-0.1, -0.05) is 20.4 Å². The fourth-order valence-electron chi connectivity index (χ4n) is 1.29. The van der Waals surface area contributed by atoms with Crippen molar-refractivity contribution in [1.82, 2.24) is 9.59 Å². The summed E-state index contributed by atoms with van der Waals surface area (Å²) < 4.78 is 4.90. The number of nitrogens with zero attached hydrogens (tertiary/aromatic N) is 2. The first-order chi connectivity index (χ1) is 7.24. The summed E-state index contributed by atoms with van der Waals surface area (Å²) >= 11 is 4.84. The number of nitrogens with one attached hydrogen (secondary N) is 1. The lowest BCUT2D eigenvalue weighted by Gasteiger charge is -2.05. The number of halogens is 1. The average Bonchev–Trinajstić information content (AvgIpc) is 2.65. The lowest BCUT2D eigenvalue weighted by molar-refractivity contribution is 0.998. The van der Waals surface area contributed by atoms with E-state index in [0.29, 0.717) is 6.54 Å². The largest absolute Gasteiger partial charge is 0.379 e. The Hall–Kier alpha value is -0.940. The Labute approximate surface area is 101 Å². The molecule has 0 aliphatic carbocycles. The van der Waals surface area contributed by atoms with Crippen LogP contribution in [0.15, 0.2) is 28.1 Å². The van der Waals surface area contributed by atoms with E-state index in [2.05, 4.69) is 49.9 Å². The predicted octanol–water partition coefficient (Wildman–Crippen LogP) is 3.22. The van der Waals surface area contributed by atoms with Crippen molar-refractivity contribution in [2.45, 2.75) is 13.5 Å². The zero-order valence-corrected chi connectivity index (χ0v) is 10.6. The number of aryl methyl sites for hydroxylation is 1. The van der Waals surface area contributed by atoms with Crippen molar-refractivity contribution in [3.8, 4) is 0 Å². The molecule has 0 radical (unpaired) electrons. The molecule has 1 aromatic heterocycles. The van der Waals surface area contributed by atoms with E-state index in [-0.39, 0.29) is 0 Å². The zero-order valence-electron chi connectivity index (χ0n) is 8.20. The van der Waals surface area contributed by atoms with Crippen LogP contribution in [0.4, 0.5) is 5.69 Å². The van der Waals surface area contributed by atoms with Crippen LogP contribution in [0.2, 0.25) is 0 Å². The monoisotopic (exact) mass is 283 g/mol. The third-order valence-electron chi connectivity index (χ3n) is 1.92. The van der Waals surface area contributed by atoms with Gasteiger partial charge in [0.05, 0.1) is 12.2 Å². The minimum absolute atomic E-state index is 0.715. The minimum Gasteiger partial charge on any atom is -0.379 e. The van der Waals surface area contributed by atoms with Crippen molar-refractivity contribution in [1.29, 1.82) is 0 Å². The second kappa shape index (κ2) is 4.72. The number of anilines is 1. The first-order valence-electron chi connectivity index (χ1n) is 4.51. The highest BCUT2D eigenvalue weighted by atomic mass is 79.9. The van der Waals surface area contributed by atoms with Crippen molar-refractivity contribution in [2.75, 3.05) is 5.32 Å². The van der Waals surface area contributed by atoms with Crippen molar-refractivity contribution in [3.05, 3.63) is 39.3 Å². The van der Waals surface area contributed by atoms with Crippen molar-refractivity contribution in [3.63, 3.8) is 0 Å². The maximum Gasteiger partial charge on any atom is 0.0946 e. The molecule has 0 saturated carbocycles. The van der Waals surface area contributed by atoms with Gasteiger partial charge in [0.15, 0.2) is 0 Å². The molecule has 0 fully saturated rings. The topological polar surface area (TPSA) is 37.8 Å². The molecule has 2 rings (SSSR count). The third-order valence-corrected chi connectivity index (χ3v) is 2.93. The van der Waals surface area contributed by atoms with Gasteiger partial charge in [0, 0.05) is 15.5 Å². The smallest absolute Gasteiger partial charge is 0.0946 e. The Morgan fingerprint density at radius 1 is 1.40 bits per heavy atom. The summed E-state index contributed by atoms with van der Waals surface area (Å²) in [5.41, 5.74) is 3.29. The number of hydrogen-bond donors (Lipinski definition) is 1. The van der Waals surface area contributed by atoms with Crippen molar-refractivity contribution < 1.29 is 0 Å². The van der Waals surface area contributed by atoms with Gasteiger partial charge in [-0.2, -0.15) is 0 Å². The molecule has 1 N–H and O–H groups in total. The Morgan fingerprint density at radius 2 is 2.27 bits per heavy atom. The van der Waals surface area contributed by atoms with E-state index in [1.165, 1.54) is 17.1 Å². The summed E-state index contributed by atoms with van der Waals surface area (Å²) in [5.74, 6) is 0. The second-order valence-electron chi connectivity index (χ2n) is 3.27. The Balaban J connectivity index is 2.05.